The van der Waals surface area contributed by atoms with Gasteiger partial charge >= 0.3 is 0 Å². The molecule has 1 saturated carbocycles. The monoisotopic (exact) mass is 356 g/mol. The van der Waals surface area contributed by atoms with Crippen LogP contribution < -0.4 is 4.90 Å². The second-order valence-electron chi connectivity index (χ2n) is 8.35. The van der Waals surface area contributed by atoms with E-state index < -0.39 is 0 Å². The fourth-order valence-electron chi connectivity index (χ4n) is 4.32. The first-order valence-electron chi connectivity index (χ1n) is 9.70. The lowest BCUT2D eigenvalue weighted by Crippen LogP contribution is -2.50. The molecule has 1 aromatic rings. The first-order chi connectivity index (χ1) is 12.5. The first-order valence-corrected chi connectivity index (χ1v) is 9.70. The average Bonchev–Trinajstić information content (AvgIpc) is 3.36. The van der Waals surface area contributed by atoms with E-state index in [4.69, 9.17) is 0 Å². The smallest absolute Gasteiger partial charge is 0.255 e. The Hall–Kier alpha value is -2.11. The van der Waals surface area contributed by atoms with Gasteiger partial charge in [-0.3, -0.25) is 9.59 Å². The Morgan fingerprint density at radius 2 is 2.08 bits per heavy atom. The number of hydrogen-bond acceptors (Lipinski definition) is 4. The maximum Gasteiger partial charge on any atom is 0.255 e. The molecular formula is C20H28N4O2. The Morgan fingerprint density at radius 1 is 1.27 bits per heavy atom. The van der Waals surface area contributed by atoms with Crippen molar-refractivity contribution in [1.82, 2.24) is 14.8 Å². The van der Waals surface area contributed by atoms with E-state index in [9.17, 15) is 9.59 Å². The van der Waals surface area contributed by atoms with E-state index in [1.54, 1.807) is 6.20 Å². The Bertz CT molecular complexity index is 698. The molecule has 1 spiro atoms. The van der Waals surface area contributed by atoms with E-state index in [0.29, 0.717) is 18.7 Å². The van der Waals surface area contributed by atoms with Crippen LogP contribution in [0.5, 0.6) is 0 Å². The molecule has 6 heteroatoms. The highest BCUT2D eigenvalue weighted by Crippen LogP contribution is 2.42. The second kappa shape index (κ2) is 6.56. The molecule has 2 amide bonds. The van der Waals surface area contributed by atoms with Crippen molar-refractivity contribution in [1.29, 1.82) is 0 Å². The molecule has 0 N–H and O–H groups in total. The van der Waals surface area contributed by atoms with Gasteiger partial charge in [0.1, 0.15) is 5.82 Å². The molecule has 1 unspecified atom stereocenters. The zero-order valence-electron chi connectivity index (χ0n) is 15.8. The number of pyridine rings is 1. The van der Waals surface area contributed by atoms with Crippen molar-refractivity contribution in [3.8, 4) is 0 Å². The summed E-state index contributed by atoms with van der Waals surface area (Å²) < 4.78 is 0. The minimum absolute atomic E-state index is 0.00759. The van der Waals surface area contributed by atoms with Crippen LogP contribution in [0.3, 0.4) is 0 Å². The van der Waals surface area contributed by atoms with Crippen molar-refractivity contribution < 1.29 is 9.59 Å². The molecule has 1 aromatic heterocycles. The van der Waals surface area contributed by atoms with Crippen LogP contribution in [0.15, 0.2) is 18.3 Å². The zero-order chi connectivity index (χ0) is 18.3. The lowest BCUT2D eigenvalue weighted by Gasteiger charge is -2.39. The number of anilines is 1. The summed E-state index contributed by atoms with van der Waals surface area (Å²) in [7, 11) is 3.85. The maximum atomic E-state index is 13.1. The Morgan fingerprint density at radius 3 is 2.73 bits per heavy atom. The number of hydrogen-bond donors (Lipinski definition) is 0. The Balaban J connectivity index is 1.45. The maximum absolute atomic E-state index is 13.1. The number of nitrogens with zero attached hydrogens (tertiary/aromatic N) is 4. The third kappa shape index (κ3) is 3.17. The van der Waals surface area contributed by atoms with Gasteiger partial charge in [0, 0.05) is 46.5 Å². The fraction of sp³-hybridized carbons (Fsp3) is 0.650. The SMILES string of the molecule is CN(C)c1ccc(C(=O)N2CCC3(CCCN(CC4CC4)C3=O)C2)cn1. The van der Waals surface area contributed by atoms with Gasteiger partial charge in [-0.2, -0.15) is 0 Å². The normalized spacial score (nSPS) is 25.8. The van der Waals surface area contributed by atoms with Gasteiger partial charge in [0.2, 0.25) is 5.91 Å². The molecule has 0 radical (unpaired) electrons. The number of carbonyl (C=O) groups excluding carboxylic acids is 2. The summed E-state index contributed by atoms with van der Waals surface area (Å²) in [4.78, 5) is 36.2. The van der Waals surface area contributed by atoms with Crippen LogP contribution in [-0.4, -0.2) is 66.9 Å². The average molecular weight is 356 g/mol. The van der Waals surface area contributed by atoms with E-state index >= 15 is 0 Å². The van der Waals surface area contributed by atoms with Crippen molar-refractivity contribution in [3.05, 3.63) is 23.9 Å². The fourth-order valence-corrected chi connectivity index (χ4v) is 4.32. The number of likely N-dealkylation sites (tertiary alicyclic amines) is 2. The molecule has 1 atom stereocenters. The Labute approximate surface area is 155 Å². The molecule has 3 fully saturated rings. The van der Waals surface area contributed by atoms with Crippen LogP contribution in [0.25, 0.3) is 0 Å². The largest absolute Gasteiger partial charge is 0.363 e. The van der Waals surface area contributed by atoms with Crippen molar-refractivity contribution in [2.75, 3.05) is 45.2 Å². The lowest BCUT2D eigenvalue weighted by molar-refractivity contribution is -0.145. The first kappa shape index (κ1) is 17.3. The summed E-state index contributed by atoms with van der Waals surface area (Å²) in [6, 6.07) is 3.69. The molecule has 140 valence electrons. The molecule has 3 aliphatic rings. The minimum atomic E-state index is -0.347. The number of aromatic nitrogens is 1. The second-order valence-corrected chi connectivity index (χ2v) is 8.35. The van der Waals surface area contributed by atoms with Gasteiger partial charge in [-0.05, 0) is 50.2 Å². The molecule has 3 heterocycles. The van der Waals surface area contributed by atoms with Gasteiger partial charge < -0.3 is 14.7 Å². The van der Waals surface area contributed by atoms with E-state index in [-0.39, 0.29) is 17.2 Å². The van der Waals surface area contributed by atoms with Crippen molar-refractivity contribution in [2.45, 2.75) is 32.1 Å². The molecule has 26 heavy (non-hydrogen) atoms. The highest BCUT2D eigenvalue weighted by Gasteiger charge is 2.50. The summed E-state index contributed by atoms with van der Waals surface area (Å²) in [6.07, 6.45) is 6.93. The van der Waals surface area contributed by atoms with Gasteiger partial charge in [-0.15, -0.1) is 0 Å². The predicted molar refractivity (Wildman–Crippen MR) is 100 cm³/mol. The van der Waals surface area contributed by atoms with E-state index in [1.807, 2.05) is 36.0 Å². The minimum Gasteiger partial charge on any atom is -0.363 e. The Kier molecular flexibility index (Phi) is 4.37. The predicted octanol–water partition coefficient (Wildman–Crippen LogP) is 2.01. The number of rotatable bonds is 4. The quantitative estimate of drug-likeness (QED) is 0.828. The number of piperidine rings is 1. The van der Waals surface area contributed by atoms with Crippen molar-refractivity contribution in [2.24, 2.45) is 11.3 Å². The lowest BCUT2D eigenvalue weighted by atomic mass is 9.78. The molecule has 1 aliphatic carbocycles. The topological polar surface area (TPSA) is 56.8 Å². The third-order valence-corrected chi connectivity index (χ3v) is 6.09. The summed E-state index contributed by atoms with van der Waals surface area (Å²) in [5.74, 6) is 1.82. The van der Waals surface area contributed by atoms with E-state index in [0.717, 1.165) is 44.1 Å². The highest BCUT2D eigenvalue weighted by atomic mass is 16.2. The van der Waals surface area contributed by atoms with Gasteiger partial charge in [0.05, 0.1) is 11.0 Å². The van der Waals surface area contributed by atoms with Crippen LogP contribution in [-0.2, 0) is 4.79 Å². The van der Waals surface area contributed by atoms with Crippen molar-refractivity contribution in [3.63, 3.8) is 0 Å². The van der Waals surface area contributed by atoms with Gasteiger partial charge in [-0.1, -0.05) is 0 Å². The third-order valence-electron chi connectivity index (χ3n) is 6.09. The summed E-state index contributed by atoms with van der Waals surface area (Å²) in [6.45, 7) is 3.03. The molecule has 0 aromatic carbocycles. The number of carbonyl (C=O) groups is 2. The zero-order valence-corrected chi connectivity index (χ0v) is 15.8. The summed E-state index contributed by atoms with van der Waals surface area (Å²) in [5, 5.41) is 0. The highest BCUT2D eigenvalue weighted by molar-refractivity contribution is 5.95. The van der Waals surface area contributed by atoms with Crippen LogP contribution in [0.2, 0.25) is 0 Å². The van der Waals surface area contributed by atoms with E-state index in [2.05, 4.69) is 9.88 Å². The number of amides is 2. The standard InChI is InChI=1S/C20H28N4O2/c1-22(2)17-7-6-16(12-21-17)18(25)24-11-9-20(14-24)8-3-10-23(19(20)26)13-15-4-5-15/h6-7,12,15H,3-5,8-11,13-14H2,1-2H3. The summed E-state index contributed by atoms with van der Waals surface area (Å²) in [5.41, 5.74) is 0.255. The molecular weight excluding hydrogens is 328 g/mol. The molecule has 2 aliphatic heterocycles. The van der Waals surface area contributed by atoms with Crippen LogP contribution in [0, 0.1) is 11.3 Å². The molecule has 2 saturated heterocycles. The van der Waals surface area contributed by atoms with Crippen LogP contribution in [0.1, 0.15) is 42.5 Å². The molecule has 6 nitrogen and oxygen atoms in total. The van der Waals surface area contributed by atoms with Crippen LogP contribution >= 0.6 is 0 Å². The molecule has 4 rings (SSSR count). The van der Waals surface area contributed by atoms with Gasteiger partial charge in [-0.25, -0.2) is 4.98 Å². The van der Waals surface area contributed by atoms with E-state index in [1.165, 1.54) is 12.8 Å². The molecule has 0 bridgehead atoms. The van der Waals surface area contributed by atoms with Gasteiger partial charge in [0.15, 0.2) is 0 Å². The van der Waals surface area contributed by atoms with Gasteiger partial charge in [0.25, 0.3) is 5.91 Å². The van der Waals surface area contributed by atoms with Crippen molar-refractivity contribution >= 4 is 17.6 Å². The summed E-state index contributed by atoms with van der Waals surface area (Å²) >= 11 is 0. The van der Waals surface area contributed by atoms with Crippen LogP contribution in [0.4, 0.5) is 5.82 Å².